The minimum absolute atomic E-state index is 0.0269. The van der Waals surface area contributed by atoms with Gasteiger partial charge in [0.15, 0.2) is 0 Å². The smallest absolute Gasteiger partial charge is 0.414 e. The van der Waals surface area contributed by atoms with E-state index in [0.29, 0.717) is 30.0 Å². The highest BCUT2D eigenvalue weighted by atomic mass is 19.1. The standard InChI is InChI=1S/C27H33FN6O3/c1-6-34(25(36)37-26(2,3)4)22-13-17(28)12-21-23(22)32-24(35)27(21,5)33-11-7-8-20(16-33)31-19-10-9-18(14-29)30-15-19/h9-10,12-13,15,20,31H,6-8,11,16H2,1-5H3,(H,32,35)/t20-,27?/m1/s1. The molecule has 1 fully saturated rings. The lowest BCUT2D eigenvalue weighted by molar-refractivity contribution is -0.127. The van der Waals surface area contributed by atoms with Gasteiger partial charge < -0.3 is 15.4 Å². The molecule has 1 unspecified atom stereocenters. The number of benzene rings is 1. The third-order valence-corrected chi connectivity index (χ3v) is 6.81. The summed E-state index contributed by atoms with van der Waals surface area (Å²) in [7, 11) is 0. The number of carbonyl (C=O) groups is 2. The van der Waals surface area contributed by atoms with E-state index in [4.69, 9.17) is 10.00 Å². The molecule has 1 aromatic heterocycles. The number of amides is 2. The fraction of sp³-hybridized carbons (Fsp3) is 0.481. The van der Waals surface area contributed by atoms with Crippen molar-refractivity contribution < 1.29 is 18.7 Å². The Balaban J connectivity index is 1.63. The van der Waals surface area contributed by atoms with E-state index in [1.165, 1.54) is 17.0 Å². The number of hydrogen-bond donors (Lipinski definition) is 2. The van der Waals surface area contributed by atoms with Gasteiger partial charge in [0.25, 0.3) is 0 Å². The normalized spacial score (nSPS) is 21.5. The Labute approximate surface area is 216 Å². The summed E-state index contributed by atoms with van der Waals surface area (Å²) in [6.07, 6.45) is 2.73. The second-order valence-corrected chi connectivity index (χ2v) is 10.6. The lowest BCUT2D eigenvalue weighted by Crippen LogP contribution is -2.55. The van der Waals surface area contributed by atoms with Crippen LogP contribution in [0.4, 0.5) is 26.2 Å². The lowest BCUT2D eigenvalue weighted by Gasteiger charge is -2.42. The number of carbonyl (C=O) groups excluding carboxylic acids is 2. The number of nitrogens with zero attached hydrogens (tertiary/aromatic N) is 4. The van der Waals surface area contributed by atoms with E-state index in [9.17, 15) is 9.59 Å². The molecule has 0 spiro atoms. The van der Waals surface area contributed by atoms with E-state index in [-0.39, 0.29) is 24.2 Å². The first kappa shape index (κ1) is 26.4. The van der Waals surface area contributed by atoms with Gasteiger partial charge in [-0.25, -0.2) is 14.2 Å². The van der Waals surface area contributed by atoms with Crippen molar-refractivity contribution >= 4 is 29.1 Å². The van der Waals surface area contributed by atoms with E-state index in [2.05, 4.69) is 20.5 Å². The van der Waals surface area contributed by atoms with E-state index in [0.717, 1.165) is 18.5 Å². The van der Waals surface area contributed by atoms with Gasteiger partial charge in [-0.05, 0) is 78.3 Å². The number of aromatic nitrogens is 1. The van der Waals surface area contributed by atoms with Crippen LogP contribution in [0, 0.1) is 17.1 Å². The van der Waals surface area contributed by atoms with Gasteiger partial charge in [-0.1, -0.05) is 0 Å². The number of nitriles is 1. The summed E-state index contributed by atoms with van der Waals surface area (Å²) in [6, 6.07) is 8.13. The fourth-order valence-electron chi connectivity index (χ4n) is 4.99. The molecule has 2 aromatic rings. The second kappa shape index (κ2) is 9.98. The molecule has 3 heterocycles. The minimum Gasteiger partial charge on any atom is -0.443 e. The van der Waals surface area contributed by atoms with Crippen LogP contribution in [0.15, 0.2) is 30.5 Å². The first-order chi connectivity index (χ1) is 17.5. The molecule has 1 aromatic carbocycles. The summed E-state index contributed by atoms with van der Waals surface area (Å²) in [5.74, 6) is -0.802. The Kier molecular flexibility index (Phi) is 7.11. The highest BCUT2D eigenvalue weighted by Gasteiger charge is 2.50. The molecule has 4 rings (SSSR count). The van der Waals surface area contributed by atoms with Crippen LogP contribution in [0.25, 0.3) is 0 Å². The first-order valence-corrected chi connectivity index (χ1v) is 12.5. The minimum atomic E-state index is -1.12. The van der Waals surface area contributed by atoms with E-state index in [1.54, 1.807) is 52.9 Å². The number of rotatable bonds is 5. The molecule has 1 saturated heterocycles. The van der Waals surface area contributed by atoms with Crippen LogP contribution in [-0.4, -0.2) is 53.2 Å². The molecule has 2 aliphatic rings. The highest BCUT2D eigenvalue weighted by molar-refractivity contribution is 6.10. The molecule has 2 N–H and O–H groups in total. The van der Waals surface area contributed by atoms with Crippen LogP contribution < -0.4 is 15.5 Å². The van der Waals surface area contributed by atoms with Gasteiger partial charge in [0, 0.05) is 24.7 Å². The maximum absolute atomic E-state index is 15.0. The number of fused-ring (bicyclic) bond motifs is 1. The number of hydrogen-bond acceptors (Lipinski definition) is 7. The van der Waals surface area contributed by atoms with Crippen LogP contribution in [0.1, 0.15) is 58.7 Å². The Hall–Kier alpha value is -3.71. The van der Waals surface area contributed by atoms with E-state index in [1.807, 2.05) is 6.07 Å². The fourth-order valence-corrected chi connectivity index (χ4v) is 4.99. The molecule has 9 nitrogen and oxygen atoms in total. The van der Waals surface area contributed by atoms with Crippen LogP contribution in [0.3, 0.4) is 0 Å². The first-order valence-electron chi connectivity index (χ1n) is 12.5. The molecule has 2 atom stereocenters. The molecular weight excluding hydrogens is 475 g/mol. The van der Waals surface area contributed by atoms with Gasteiger partial charge >= 0.3 is 6.09 Å². The molecule has 2 amide bonds. The molecule has 0 aliphatic carbocycles. The summed E-state index contributed by atoms with van der Waals surface area (Å²) in [5, 5.41) is 15.3. The largest absolute Gasteiger partial charge is 0.443 e. The second-order valence-electron chi connectivity index (χ2n) is 10.6. The average Bonchev–Trinajstić information content (AvgIpc) is 3.10. The summed E-state index contributed by atoms with van der Waals surface area (Å²) in [6.45, 7) is 10.3. The van der Waals surface area contributed by atoms with Crippen molar-refractivity contribution in [3.63, 3.8) is 0 Å². The molecule has 10 heteroatoms. The van der Waals surface area contributed by atoms with Gasteiger partial charge in [0.2, 0.25) is 5.91 Å². The number of pyridine rings is 1. The number of anilines is 3. The zero-order valence-corrected chi connectivity index (χ0v) is 21.9. The molecular formula is C27H33FN6O3. The van der Waals surface area contributed by atoms with Crippen LogP contribution in [-0.2, 0) is 15.1 Å². The predicted molar refractivity (Wildman–Crippen MR) is 139 cm³/mol. The molecule has 0 bridgehead atoms. The zero-order valence-electron chi connectivity index (χ0n) is 21.9. The van der Waals surface area contributed by atoms with Crippen molar-refractivity contribution in [1.82, 2.24) is 9.88 Å². The third kappa shape index (κ3) is 5.23. The average molecular weight is 509 g/mol. The number of ether oxygens (including phenoxy) is 1. The molecule has 0 radical (unpaired) electrons. The van der Waals surface area contributed by atoms with Crippen LogP contribution >= 0.6 is 0 Å². The number of nitrogens with one attached hydrogen (secondary N) is 2. The van der Waals surface area contributed by atoms with Crippen molar-refractivity contribution in [3.8, 4) is 6.07 Å². The van der Waals surface area contributed by atoms with Crippen LogP contribution in [0.2, 0.25) is 0 Å². The molecule has 0 saturated carbocycles. The van der Waals surface area contributed by atoms with Crippen molar-refractivity contribution in [2.75, 3.05) is 35.2 Å². The third-order valence-electron chi connectivity index (χ3n) is 6.81. The van der Waals surface area contributed by atoms with E-state index >= 15 is 4.39 Å². The quantitative estimate of drug-likeness (QED) is 0.607. The van der Waals surface area contributed by atoms with Gasteiger partial charge in [-0.15, -0.1) is 0 Å². The molecule has 37 heavy (non-hydrogen) atoms. The topological polar surface area (TPSA) is 111 Å². The summed E-state index contributed by atoms with van der Waals surface area (Å²) >= 11 is 0. The van der Waals surface area contributed by atoms with Gasteiger partial charge in [-0.2, -0.15) is 5.26 Å². The SMILES string of the molecule is CCN(C(=O)OC(C)(C)C)c1cc(F)cc2c1NC(=O)C2(C)N1CCC[C@@H](Nc2ccc(C#N)nc2)C1. The monoisotopic (exact) mass is 508 g/mol. The Morgan fingerprint density at radius 3 is 2.78 bits per heavy atom. The lowest BCUT2D eigenvalue weighted by atomic mass is 9.88. The Morgan fingerprint density at radius 2 is 2.16 bits per heavy atom. The van der Waals surface area contributed by atoms with Crippen molar-refractivity contribution in [2.24, 2.45) is 0 Å². The maximum atomic E-state index is 15.0. The van der Waals surface area contributed by atoms with Gasteiger partial charge in [0.05, 0.1) is 23.3 Å². The summed E-state index contributed by atoms with van der Waals surface area (Å²) in [5.41, 5.74) is 0.480. The maximum Gasteiger partial charge on any atom is 0.414 e. The van der Waals surface area contributed by atoms with Gasteiger partial charge in [-0.3, -0.25) is 14.6 Å². The van der Waals surface area contributed by atoms with Crippen LogP contribution in [0.5, 0.6) is 0 Å². The van der Waals surface area contributed by atoms with Gasteiger partial charge in [0.1, 0.15) is 28.7 Å². The van der Waals surface area contributed by atoms with E-state index < -0.39 is 23.1 Å². The van der Waals surface area contributed by atoms with Crippen molar-refractivity contribution in [3.05, 3.63) is 47.5 Å². The molecule has 2 aliphatic heterocycles. The van der Waals surface area contributed by atoms with Crippen molar-refractivity contribution in [1.29, 1.82) is 5.26 Å². The number of likely N-dealkylation sites (tertiary alicyclic amines) is 1. The number of piperidine rings is 1. The molecule has 196 valence electrons. The summed E-state index contributed by atoms with van der Waals surface area (Å²) in [4.78, 5) is 33.9. The summed E-state index contributed by atoms with van der Waals surface area (Å²) < 4.78 is 20.5. The van der Waals surface area contributed by atoms with Crippen molar-refractivity contribution in [2.45, 2.75) is 64.6 Å². The Morgan fingerprint density at radius 1 is 1.41 bits per heavy atom. The Bertz CT molecular complexity index is 1240. The predicted octanol–water partition coefficient (Wildman–Crippen LogP) is 4.60. The number of halogens is 1. The highest BCUT2D eigenvalue weighted by Crippen LogP contribution is 2.46. The zero-order chi connectivity index (χ0) is 27.0.